The van der Waals surface area contributed by atoms with Crippen molar-refractivity contribution < 1.29 is 18.1 Å². The minimum Gasteiger partial charge on any atom is -0.337 e. The molecule has 11 heteroatoms. The summed E-state index contributed by atoms with van der Waals surface area (Å²) < 4.78 is 27.7. The largest absolute Gasteiger partial charge is 0.337 e. The highest BCUT2D eigenvalue weighted by Gasteiger charge is 2.19. The highest BCUT2D eigenvalue weighted by Crippen LogP contribution is 2.24. The number of non-ortho nitro benzene ring substituents is 1. The van der Waals surface area contributed by atoms with Crippen LogP contribution in [0.15, 0.2) is 64.9 Å². The van der Waals surface area contributed by atoms with Crippen LogP contribution in [0.5, 0.6) is 0 Å². The third kappa shape index (κ3) is 5.67. The van der Waals surface area contributed by atoms with Crippen molar-refractivity contribution in [3.8, 4) is 0 Å². The van der Waals surface area contributed by atoms with Crippen molar-refractivity contribution >= 4 is 44.6 Å². The number of nitro groups is 1. The van der Waals surface area contributed by atoms with Crippen molar-refractivity contribution in [2.24, 2.45) is 0 Å². The lowest BCUT2D eigenvalue weighted by molar-refractivity contribution is -0.384. The van der Waals surface area contributed by atoms with Crippen LogP contribution in [0.25, 0.3) is 0 Å². The summed E-state index contributed by atoms with van der Waals surface area (Å²) in [5.41, 5.74) is 0.446. The Hall–Kier alpha value is -2.79. The van der Waals surface area contributed by atoms with Gasteiger partial charge in [0.05, 0.1) is 9.82 Å². The molecule has 0 aliphatic heterocycles. The molecule has 0 unspecified atom stereocenters. The fourth-order valence-corrected chi connectivity index (χ4v) is 4.77. The number of nitrogens with one attached hydrogen (secondary N) is 1. The Morgan fingerprint density at radius 3 is 2.65 bits per heavy atom. The zero-order valence-corrected chi connectivity index (χ0v) is 18.7. The highest BCUT2D eigenvalue weighted by molar-refractivity contribution is 7.89. The number of sulfonamides is 1. The lowest BCUT2D eigenvalue weighted by Gasteiger charge is -2.18. The van der Waals surface area contributed by atoms with Gasteiger partial charge in [-0.3, -0.25) is 14.9 Å². The smallest absolute Gasteiger partial charge is 0.269 e. The molecule has 0 fully saturated rings. The molecule has 8 nitrogen and oxygen atoms in total. The predicted molar refractivity (Wildman–Crippen MR) is 119 cm³/mol. The van der Waals surface area contributed by atoms with Gasteiger partial charge in [-0.05, 0) is 41.3 Å². The zero-order chi connectivity index (χ0) is 22.6. The molecule has 1 amide bonds. The number of hydrogen-bond donors (Lipinski definition) is 1. The molecule has 0 spiro atoms. The molecule has 2 aromatic carbocycles. The monoisotopic (exact) mass is 479 g/mol. The fourth-order valence-electron chi connectivity index (χ4n) is 2.80. The molecule has 1 heterocycles. The average Bonchev–Trinajstić information content (AvgIpc) is 3.27. The van der Waals surface area contributed by atoms with E-state index in [0.29, 0.717) is 10.6 Å². The second-order valence-corrected chi connectivity index (χ2v) is 9.83. The number of carbonyl (C=O) groups is 1. The Kier molecular flexibility index (Phi) is 7.06. The van der Waals surface area contributed by atoms with Gasteiger partial charge in [0.2, 0.25) is 10.0 Å². The maximum absolute atomic E-state index is 12.8. The molecule has 0 bridgehead atoms. The Labute approximate surface area is 188 Å². The number of hydrogen-bond acceptors (Lipinski definition) is 6. The number of amides is 1. The van der Waals surface area contributed by atoms with E-state index in [9.17, 15) is 23.3 Å². The fraction of sp³-hybridized carbons (Fsp3) is 0.150. The first-order chi connectivity index (χ1) is 14.7. The van der Waals surface area contributed by atoms with E-state index in [-0.39, 0.29) is 29.2 Å². The van der Waals surface area contributed by atoms with Crippen LogP contribution in [-0.2, 0) is 23.1 Å². The lowest BCUT2D eigenvalue weighted by atomic mass is 10.1. The quantitative estimate of drug-likeness (QED) is 0.387. The molecule has 0 aliphatic rings. The van der Waals surface area contributed by atoms with Crippen LogP contribution < -0.4 is 4.72 Å². The van der Waals surface area contributed by atoms with Crippen LogP contribution in [0, 0.1) is 10.1 Å². The van der Waals surface area contributed by atoms with Crippen LogP contribution >= 0.6 is 22.9 Å². The third-order valence-electron chi connectivity index (χ3n) is 4.40. The standard InChI is InChI=1S/C20H18ClN3O5S2/c1-23(13-15-10-16(24(26)27)7-8-19(15)21)20(25)14-4-2-6-18(11-14)31(28,29)22-12-17-5-3-9-30-17/h2-11,22H,12-13H2,1H3. The van der Waals surface area contributed by atoms with Gasteiger partial charge in [0.25, 0.3) is 11.6 Å². The lowest BCUT2D eigenvalue weighted by Crippen LogP contribution is -2.27. The van der Waals surface area contributed by atoms with Crippen LogP contribution in [0.2, 0.25) is 5.02 Å². The van der Waals surface area contributed by atoms with Crippen molar-refractivity contribution in [3.05, 3.63) is 91.1 Å². The van der Waals surface area contributed by atoms with E-state index in [1.165, 1.54) is 65.7 Å². The first-order valence-electron chi connectivity index (χ1n) is 8.98. The molecule has 3 rings (SSSR count). The van der Waals surface area contributed by atoms with E-state index in [2.05, 4.69) is 4.72 Å². The van der Waals surface area contributed by atoms with Gasteiger partial charge in [-0.25, -0.2) is 13.1 Å². The number of carbonyl (C=O) groups excluding carboxylic acids is 1. The summed E-state index contributed by atoms with van der Waals surface area (Å²) in [6.45, 7) is 0.177. The number of thiophene rings is 1. The Morgan fingerprint density at radius 1 is 1.19 bits per heavy atom. The molecular formula is C20H18ClN3O5S2. The number of halogens is 1. The van der Waals surface area contributed by atoms with E-state index in [1.807, 2.05) is 17.5 Å². The molecule has 0 saturated carbocycles. The summed E-state index contributed by atoms with van der Waals surface area (Å²) in [4.78, 5) is 25.4. The summed E-state index contributed by atoms with van der Waals surface area (Å²) in [7, 11) is -2.30. The summed E-state index contributed by atoms with van der Waals surface area (Å²) in [6.07, 6.45) is 0. The van der Waals surface area contributed by atoms with Crippen LogP contribution in [0.3, 0.4) is 0 Å². The predicted octanol–water partition coefficient (Wildman–Crippen LogP) is 4.06. The first kappa shape index (κ1) is 22.9. The highest BCUT2D eigenvalue weighted by atomic mass is 35.5. The molecule has 0 aliphatic carbocycles. The Balaban J connectivity index is 1.76. The van der Waals surface area contributed by atoms with Gasteiger partial charge in [0, 0.05) is 47.7 Å². The zero-order valence-electron chi connectivity index (χ0n) is 16.3. The summed E-state index contributed by atoms with van der Waals surface area (Å²) >= 11 is 7.55. The van der Waals surface area contributed by atoms with Crippen LogP contribution in [-0.4, -0.2) is 31.2 Å². The van der Waals surface area contributed by atoms with E-state index >= 15 is 0 Å². The Morgan fingerprint density at radius 2 is 1.97 bits per heavy atom. The van der Waals surface area contributed by atoms with E-state index < -0.39 is 20.9 Å². The minimum absolute atomic E-state index is 0.0208. The minimum atomic E-state index is -3.81. The molecule has 1 aromatic heterocycles. The summed E-state index contributed by atoms with van der Waals surface area (Å²) in [5.74, 6) is -0.446. The van der Waals surface area contributed by atoms with Gasteiger partial charge in [-0.1, -0.05) is 23.7 Å². The molecule has 1 N–H and O–H groups in total. The number of nitrogens with zero attached hydrogens (tertiary/aromatic N) is 2. The van der Waals surface area contributed by atoms with E-state index in [1.54, 1.807) is 0 Å². The topological polar surface area (TPSA) is 110 Å². The summed E-state index contributed by atoms with van der Waals surface area (Å²) in [5, 5.41) is 13.1. The third-order valence-corrected chi connectivity index (χ3v) is 7.05. The van der Waals surface area contributed by atoms with Crippen molar-refractivity contribution in [2.45, 2.75) is 18.0 Å². The van der Waals surface area contributed by atoms with Gasteiger partial charge < -0.3 is 4.90 Å². The SMILES string of the molecule is CN(Cc1cc([N+](=O)[O-])ccc1Cl)C(=O)c1cccc(S(=O)(=O)NCc2cccs2)c1. The van der Waals surface area contributed by atoms with Crippen molar-refractivity contribution in [2.75, 3.05) is 7.05 Å². The van der Waals surface area contributed by atoms with Crippen LogP contribution in [0.4, 0.5) is 5.69 Å². The summed E-state index contributed by atoms with van der Waals surface area (Å²) in [6, 6.07) is 13.3. The molecule has 3 aromatic rings. The molecule has 162 valence electrons. The maximum Gasteiger partial charge on any atom is 0.269 e. The second-order valence-electron chi connectivity index (χ2n) is 6.63. The van der Waals surface area contributed by atoms with E-state index in [4.69, 9.17) is 11.6 Å². The van der Waals surface area contributed by atoms with Gasteiger partial charge in [-0.15, -0.1) is 11.3 Å². The van der Waals surface area contributed by atoms with Crippen molar-refractivity contribution in [1.82, 2.24) is 9.62 Å². The van der Waals surface area contributed by atoms with Crippen molar-refractivity contribution in [1.29, 1.82) is 0 Å². The normalized spacial score (nSPS) is 11.3. The molecule has 31 heavy (non-hydrogen) atoms. The number of benzene rings is 2. The maximum atomic E-state index is 12.8. The second kappa shape index (κ2) is 9.56. The number of nitro benzene ring substituents is 1. The van der Waals surface area contributed by atoms with Crippen LogP contribution in [0.1, 0.15) is 20.8 Å². The first-order valence-corrected chi connectivity index (χ1v) is 11.7. The van der Waals surface area contributed by atoms with Gasteiger partial charge in [0.1, 0.15) is 0 Å². The molecule has 0 saturated heterocycles. The molecule has 0 atom stereocenters. The molecule has 0 radical (unpaired) electrons. The average molecular weight is 480 g/mol. The van der Waals surface area contributed by atoms with E-state index in [0.717, 1.165) is 4.88 Å². The van der Waals surface area contributed by atoms with Gasteiger partial charge in [0.15, 0.2) is 0 Å². The molecular weight excluding hydrogens is 462 g/mol. The van der Waals surface area contributed by atoms with Crippen molar-refractivity contribution in [3.63, 3.8) is 0 Å². The number of rotatable bonds is 8. The van der Waals surface area contributed by atoms with Gasteiger partial charge in [-0.2, -0.15) is 0 Å². The Bertz CT molecular complexity index is 1210. The van der Waals surface area contributed by atoms with Gasteiger partial charge >= 0.3 is 0 Å².